The van der Waals surface area contributed by atoms with Crippen molar-refractivity contribution in [1.82, 2.24) is 25.9 Å². The van der Waals surface area contributed by atoms with Gasteiger partial charge in [-0.25, -0.2) is 19.6 Å². The molecule has 1 saturated heterocycles. The second kappa shape index (κ2) is 13.1. The van der Waals surface area contributed by atoms with Gasteiger partial charge in [-0.15, -0.1) is 0 Å². The van der Waals surface area contributed by atoms with Crippen molar-refractivity contribution < 1.29 is 14.4 Å². The molecule has 12 heteroatoms. The maximum Gasteiger partial charge on any atom is 0.319 e. The van der Waals surface area contributed by atoms with E-state index in [4.69, 9.17) is 10.6 Å². The first-order valence-electron chi connectivity index (χ1n) is 12.1. The molecule has 194 valence electrons. The molecule has 1 fully saturated rings. The van der Waals surface area contributed by atoms with Gasteiger partial charge in [0, 0.05) is 31.4 Å². The van der Waals surface area contributed by atoms with E-state index < -0.39 is 0 Å². The Morgan fingerprint density at radius 2 is 2.00 bits per heavy atom. The van der Waals surface area contributed by atoms with Gasteiger partial charge in [0.25, 0.3) is 0 Å². The van der Waals surface area contributed by atoms with E-state index in [-0.39, 0.29) is 30.5 Å². The number of nitrogens with zero attached hydrogens (tertiary/aromatic N) is 4. The predicted octanol–water partition coefficient (Wildman–Crippen LogP) is 2.25. The highest BCUT2D eigenvalue weighted by molar-refractivity contribution is 5.92. The summed E-state index contributed by atoms with van der Waals surface area (Å²) in [7, 11) is 0. The lowest BCUT2D eigenvalue weighted by atomic mass is 10.0. The molecule has 0 saturated carbocycles. The summed E-state index contributed by atoms with van der Waals surface area (Å²) in [6.45, 7) is 8.39. The standard InChI is InChI=1S/C24H35N9O3/c1-4-26-23(34)27-10-12-36-30-13-20-21(25)28-15-29-22(20)33-11-9-19(14-33)32-24(35)31-18-7-5-17(6-8-18)16(2)3/h5-8,13,15-16,19H,4,9-12,14H2,1-3H3,(H2,25,28,29)(H2,26,27,34)(H2,31,32,35). The molecule has 36 heavy (non-hydrogen) atoms. The zero-order valence-corrected chi connectivity index (χ0v) is 21.0. The average Bonchev–Trinajstić information content (AvgIpc) is 3.30. The van der Waals surface area contributed by atoms with E-state index in [0.717, 1.165) is 12.1 Å². The van der Waals surface area contributed by atoms with Gasteiger partial charge in [-0.3, -0.25) is 0 Å². The fraction of sp³-hybridized carbons (Fsp3) is 0.458. The van der Waals surface area contributed by atoms with Crippen molar-refractivity contribution in [2.75, 3.05) is 48.7 Å². The number of nitrogens with two attached hydrogens (primary N) is 1. The lowest BCUT2D eigenvalue weighted by Crippen LogP contribution is -2.40. The van der Waals surface area contributed by atoms with Crippen LogP contribution in [0.3, 0.4) is 0 Å². The first-order chi connectivity index (χ1) is 17.4. The van der Waals surface area contributed by atoms with Crippen LogP contribution in [0.25, 0.3) is 0 Å². The van der Waals surface area contributed by atoms with Crippen molar-refractivity contribution in [3.8, 4) is 0 Å². The number of urea groups is 2. The molecular weight excluding hydrogens is 462 g/mol. The van der Waals surface area contributed by atoms with Crippen LogP contribution in [0, 0.1) is 0 Å². The normalized spacial score (nSPS) is 15.2. The molecule has 3 rings (SSSR count). The number of carbonyl (C=O) groups excluding carboxylic acids is 2. The summed E-state index contributed by atoms with van der Waals surface area (Å²) in [6, 6.07) is 7.28. The number of aromatic nitrogens is 2. The molecule has 2 heterocycles. The number of hydrogen-bond acceptors (Lipinski definition) is 8. The molecular formula is C24H35N9O3. The van der Waals surface area contributed by atoms with Gasteiger partial charge < -0.3 is 36.7 Å². The van der Waals surface area contributed by atoms with E-state index in [1.165, 1.54) is 18.1 Å². The van der Waals surface area contributed by atoms with Gasteiger partial charge in [0.2, 0.25) is 0 Å². The Morgan fingerprint density at radius 3 is 2.72 bits per heavy atom. The van der Waals surface area contributed by atoms with Crippen molar-refractivity contribution in [2.45, 2.75) is 39.2 Å². The van der Waals surface area contributed by atoms with Gasteiger partial charge in [-0.1, -0.05) is 31.1 Å². The molecule has 2 aromatic rings. The van der Waals surface area contributed by atoms with Gasteiger partial charge >= 0.3 is 12.1 Å². The summed E-state index contributed by atoms with van der Waals surface area (Å²) in [6.07, 6.45) is 3.61. The Hall–Kier alpha value is -4.09. The monoisotopic (exact) mass is 497 g/mol. The van der Waals surface area contributed by atoms with Crippen LogP contribution in [0.2, 0.25) is 0 Å². The van der Waals surface area contributed by atoms with Crippen molar-refractivity contribution in [1.29, 1.82) is 0 Å². The molecule has 6 N–H and O–H groups in total. The van der Waals surface area contributed by atoms with Crippen LogP contribution in [0.1, 0.15) is 44.2 Å². The highest BCUT2D eigenvalue weighted by atomic mass is 16.6. The lowest BCUT2D eigenvalue weighted by Gasteiger charge is -2.20. The third-order valence-corrected chi connectivity index (χ3v) is 5.62. The Bertz CT molecular complexity index is 1040. The number of hydrogen-bond donors (Lipinski definition) is 5. The minimum Gasteiger partial charge on any atom is -0.394 e. The zero-order chi connectivity index (χ0) is 25.9. The Labute approximate surface area is 211 Å². The van der Waals surface area contributed by atoms with Crippen LogP contribution in [-0.2, 0) is 4.84 Å². The molecule has 1 aromatic heterocycles. The van der Waals surface area contributed by atoms with Crippen LogP contribution in [-0.4, -0.2) is 67.1 Å². The number of nitrogen functional groups attached to an aromatic ring is 1. The van der Waals surface area contributed by atoms with Gasteiger partial charge in [-0.2, -0.15) is 0 Å². The number of rotatable bonds is 10. The predicted molar refractivity (Wildman–Crippen MR) is 140 cm³/mol. The first-order valence-corrected chi connectivity index (χ1v) is 12.1. The van der Waals surface area contributed by atoms with Crippen LogP contribution >= 0.6 is 0 Å². The molecule has 4 amide bonds. The highest BCUT2D eigenvalue weighted by Crippen LogP contribution is 2.24. The SMILES string of the molecule is CCNC(=O)NCCON=Cc1c(N)ncnc1N1CCC(NC(=O)Nc2ccc(C(C)C)cc2)C1. The third kappa shape index (κ3) is 7.72. The van der Waals surface area contributed by atoms with Crippen molar-refractivity contribution in [3.05, 3.63) is 41.7 Å². The zero-order valence-electron chi connectivity index (χ0n) is 21.0. The van der Waals surface area contributed by atoms with E-state index in [9.17, 15) is 9.59 Å². The summed E-state index contributed by atoms with van der Waals surface area (Å²) < 4.78 is 0. The largest absolute Gasteiger partial charge is 0.394 e. The topological polar surface area (TPSA) is 159 Å². The summed E-state index contributed by atoms with van der Waals surface area (Å²) in [5.74, 6) is 1.32. The number of oxime groups is 1. The number of anilines is 3. The van der Waals surface area contributed by atoms with Crippen LogP contribution in [0.5, 0.6) is 0 Å². The van der Waals surface area contributed by atoms with E-state index in [2.05, 4.69) is 50.2 Å². The van der Waals surface area contributed by atoms with Gasteiger partial charge in [-0.05, 0) is 37.0 Å². The number of benzene rings is 1. The molecule has 1 atom stereocenters. The molecule has 0 aliphatic carbocycles. The Morgan fingerprint density at radius 1 is 1.22 bits per heavy atom. The Balaban J connectivity index is 1.51. The summed E-state index contributed by atoms with van der Waals surface area (Å²) in [4.78, 5) is 39.5. The summed E-state index contributed by atoms with van der Waals surface area (Å²) in [5.41, 5.74) is 8.56. The Kier molecular flexibility index (Phi) is 9.66. The van der Waals surface area contributed by atoms with Crippen molar-refractivity contribution >= 4 is 35.6 Å². The molecule has 1 aromatic carbocycles. The minimum atomic E-state index is -0.261. The van der Waals surface area contributed by atoms with E-state index in [1.54, 1.807) is 0 Å². The smallest absolute Gasteiger partial charge is 0.319 e. The van der Waals surface area contributed by atoms with Crippen LogP contribution in [0.4, 0.5) is 26.9 Å². The van der Waals surface area contributed by atoms with Crippen molar-refractivity contribution in [3.63, 3.8) is 0 Å². The highest BCUT2D eigenvalue weighted by Gasteiger charge is 2.27. The molecule has 0 spiro atoms. The van der Waals surface area contributed by atoms with Crippen LogP contribution in [0.15, 0.2) is 35.7 Å². The lowest BCUT2D eigenvalue weighted by molar-refractivity contribution is 0.148. The molecule has 1 aliphatic rings. The summed E-state index contributed by atoms with van der Waals surface area (Å²) in [5, 5.41) is 15.1. The molecule has 1 aliphatic heterocycles. The molecule has 0 bridgehead atoms. The first kappa shape index (κ1) is 26.5. The quantitative estimate of drug-likeness (QED) is 0.191. The maximum atomic E-state index is 12.5. The molecule has 1 unspecified atom stereocenters. The van der Waals surface area contributed by atoms with E-state index in [1.807, 2.05) is 36.1 Å². The van der Waals surface area contributed by atoms with Crippen molar-refractivity contribution in [2.24, 2.45) is 5.16 Å². The maximum absolute atomic E-state index is 12.5. The van der Waals surface area contributed by atoms with Gasteiger partial charge in [0.15, 0.2) is 0 Å². The van der Waals surface area contributed by atoms with E-state index >= 15 is 0 Å². The average molecular weight is 498 g/mol. The van der Waals surface area contributed by atoms with Gasteiger partial charge in [0.05, 0.1) is 18.3 Å². The number of nitrogens with one attached hydrogen (secondary N) is 4. The molecule has 12 nitrogen and oxygen atoms in total. The fourth-order valence-electron chi connectivity index (χ4n) is 3.73. The number of carbonyl (C=O) groups is 2. The second-order valence-electron chi connectivity index (χ2n) is 8.66. The fourth-order valence-corrected chi connectivity index (χ4v) is 3.73. The van der Waals surface area contributed by atoms with E-state index in [0.29, 0.717) is 43.5 Å². The number of amides is 4. The van der Waals surface area contributed by atoms with Crippen LogP contribution < -0.4 is 31.9 Å². The third-order valence-electron chi connectivity index (χ3n) is 5.62. The van der Waals surface area contributed by atoms with Gasteiger partial charge in [0.1, 0.15) is 24.6 Å². The second-order valence-corrected chi connectivity index (χ2v) is 8.66. The minimum absolute atomic E-state index is 0.0579. The molecule has 0 radical (unpaired) electrons. The summed E-state index contributed by atoms with van der Waals surface area (Å²) >= 11 is 0.